The van der Waals surface area contributed by atoms with Gasteiger partial charge in [0.15, 0.2) is 0 Å². The maximum absolute atomic E-state index is 12.8. The highest BCUT2D eigenvalue weighted by atomic mass is 35.5. The highest BCUT2D eigenvalue weighted by Crippen LogP contribution is 2.28. The van der Waals surface area contributed by atoms with E-state index in [1.165, 1.54) is 0 Å². The molecule has 3 heterocycles. The highest BCUT2D eigenvalue weighted by molar-refractivity contribution is 7.99. The second-order valence-electron chi connectivity index (χ2n) is 6.11. The van der Waals surface area contributed by atoms with Crippen LogP contribution in [0.4, 0.5) is 0 Å². The van der Waals surface area contributed by atoms with Crippen molar-refractivity contribution in [2.75, 3.05) is 11.6 Å². The normalized spacial score (nSPS) is 16.3. The number of hydrogen-bond donors (Lipinski definition) is 1. The Morgan fingerprint density at radius 3 is 2.86 bits per heavy atom. The number of nitrogens with one attached hydrogen (secondary N) is 1. The van der Waals surface area contributed by atoms with Crippen LogP contribution in [0.2, 0.25) is 5.02 Å². The van der Waals surface area contributed by atoms with E-state index >= 15 is 0 Å². The zero-order valence-electron chi connectivity index (χ0n) is 14.6. The van der Waals surface area contributed by atoms with E-state index in [-0.39, 0.29) is 11.8 Å². The van der Waals surface area contributed by atoms with Gasteiger partial charge in [-0.25, -0.2) is 4.98 Å². The van der Waals surface area contributed by atoms with Crippen LogP contribution in [0.15, 0.2) is 47.2 Å². The molecule has 1 atom stereocenters. The minimum Gasteiger partial charge on any atom is -0.349 e. The Labute approximate surface area is 179 Å². The van der Waals surface area contributed by atoms with Gasteiger partial charge in [-0.3, -0.25) is 9.59 Å². The fraction of sp³-hybridized carbons (Fsp3) is 0.211. The first kappa shape index (κ1) is 19.4. The highest BCUT2D eigenvalue weighted by Gasteiger charge is 2.35. The lowest BCUT2D eigenvalue weighted by molar-refractivity contribution is -0.124. The van der Waals surface area contributed by atoms with Crippen LogP contribution >= 0.6 is 46.0 Å². The summed E-state index contributed by atoms with van der Waals surface area (Å²) in [6, 6.07) is 10.4. The number of thiazole rings is 1. The van der Waals surface area contributed by atoms with Gasteiger partial charge in [-0.2, -0.15) is 0 Å². The van der Waals surface area contributed by atoms with Gasteiger partial charge < -0.3 is 10.2 Å². The summed E-state index contributed by atoms with van der Waals surface area (Å²) < 4.78 is 0. The molecule has 28 heavy (non-hydrogen) atoms. The van der Waals surface area contributed by atoms with E-state index in [0.717, 1.165) is 15.6 Å². The molecule has 1 aliphatic heterocycles. The fourth-order valence-corrected chi connectivity index (χ4v) is 5.85. The van der Waals surface area contributed by atoms with Crippen molar-refractivity contribution >= 4 is 57.9 Å². The number of carbonyl (C=O) groups excluding carboxylic acids is 2. The van der Waals surface area contributed by atoms with Gasteiger partial charge in [0.25, 0.3) is 5.91 Å². The van der Waals surface area contributed by atoms with Crippen LogP contribution in [0.5, 0.6) is 0 Å². The molecule has 144 valence electrons. The molecule has 2 aromatic heterocycles. The van der Waals surface area contributed by atoms with Crippen molar-refractivity contribution in [3.63, 3.8) is 0 Å². The molecule has 0 aliphatic carbocycles. The molecule has 0 unspecified atom stereocenters. The Bertz CT molecular complexity index is 990. The van der Waals surface area contributed by atoms with Gasteiger partial charge in [0.05, 0.1) is 33.6 Å². The molecule has 0 bridgehead atoms. The van der Waals surface area contributed by atoms with E-state index in [0.29, 0.717) is 28.8 Å². The van der Waals surface area contributed by atoms with Crippen molar-refractivity contribution in [1.29, 1.82) is 0 Å². The quantitative estimate of drug-likeness (QED) is 0.628. The zero-order chi connectivity index (χ0) is 19.5. The smallest absolute Gasteiger partial charge is 0.256 e. The summed E-state index contributed by atoms with van der Waals surface area (Å²) >= 11 is 10.9. The van der Waals surface area contributed by atoms with Gasteiger partial charge >= 0.3 is 0 Å². The molecule has 1 aromatic carbocycles. The number of benzene rings is 1. The Kier molecular flexibility index (Phi) is 6.01. The van der Waals surface area contributed by atoms with E-state index in [1.807, 2.05) is 22.9 Å². The molecule has 1 fully saturated rings. The molecule has 5 nitrogen and oxygen atoms in total. The summed E-state index contributed by atoms with van der Waals surface area (Å²) in [5.41, 5.74) is 1.24. The SMILES string of the molecule is O=C(NCc1csc(-c2cccs2)n1)[C@H]1CSCN1C(=O)c1ccccc1Cl. The minimum atomic E-state index is -0.510. The number of thiophene rings is 1. The largest absolute Gasteiger partial charge is 0.349 e. The second kappa shape index (κ2) is 8.65. The first-order valence-electron chi connectivity index (χ1n) is 8.52. The van der Waals surface area contributed by atoms with Gasteiger partial charge in [-0.05, 0) is 23.6 Å². The summed E-state index contributed by atoms with van der Waals surface area (Å²) in [6.07, 6.45) is 0. The predicted molar refractivity (Wildman–Crippen MR) is 116 cm³/mol. The van der Waals surface area contributed by atoms with Gasteiger partial charge in [0, 0.05) is 11.1 Å². The van der Waals surface area contributed by atoms with Gasteiger partial charge in [-0.15, -0.1) is 34.4 Å². The lowest BCUT2D eigenvalue weighted by Gasteiger charge is -2.23. The Balaban J connectivity index is 1.40. The summed E-state index contributed by atoms with van der Waals surface area (Å²) in [7, 11) is 0. The van der Waals surface area contributed by atoms with Crippen LogP contribution in [0.3, 0.4) is 0 Å². The monoisotopic (exact) mass is 449 g/mol. The number of halogens is 1. The lowest BCUT2D eigenvalue weighted by atomic mass is 10.1. The van der Waals surface area contributed by atoms with Crippen LogP contribution in [0.25, 0.3) is 9.88 Å². The third-order valence-corrected chi connectivity index (χ3v) is 7.55. The van der Waals surface area contributed by atoms with Crippen molar-refractivity contribution in [1.82, 2.24) is 15.2 Å². The number of thioether (sulfide) groups is 1. The molecule has 4 rings (SSSR count). The first-order chi connectivity index (χ1) is 13.6. The standard InChI is InChI=1S/C19H16ClN3O2S3/c20-14-5-2-1-4-13(14)19(25)23-11-26-10-15(23)17(24)21-8-12-9-28-18(22-12)16-6-3-7-27-16/h1-7,9,15H,8,10-11H2,(H,21,24)/t15-/m1/s1. The first-order valence-corrected chi connectivity index (χ1v) is 11.8. The second-order valence-corrected chi connectivity index (χ2v) is 9.32. The molecule has 1 N–H and O–H groups in total. The molecule has 1 saturated heterocycles. The average Bonchev–Trinajstić information content (AvgIpc) is 3.47. The van der Waals surface area contributed by atoms with E-state index < -0.39 is 6.04 Å². The summed E-state index contributed by atoms with van der Waals surface area (Å²) in [5, 5.41) is 8.23. The third kappa shape index (κ3) is 4.10. The third-order valence-electron chi connectivity index (χ3n) is 4.28. The Hall–Kier alpha value is -1.87. The van der Waals surface area contributed by atoms with Crippen LogP contribution in [-0.2, 0) is 11.3 Å². The predicted octanol–water partition coefficient (Wildman–Crippen LogP) is 4.36. The maximum atomic E-state index is 12.8. The molecular weight excluding hydrogens is 434 g/mol. The number of hydrogen-bond acceptors (Lipinski definition) is 6. The lowest BCUT2D eigenvalue weighted by Crippen LogP contribution is -2.47. The van der Waals surface area contributed by atoms with Gasteiger partial charge in [-0.1, -0.05) is 29.8 Å². The van der Waals surface area contributed by atoms with Crippen LogP contribution < -0.4 is 5.32 Å². The summed E-state index contributed by atoms with van der Waals surface area (Å²) in [5.74, 6) is 0.654. The number of carbonyl (C=O) groups is 2. The van der Waals surface area contributed by atoms with Crippen LogP contribution in [0, 0.1) is 0 Å². The van der Waals surface area contributed by atoms with Crippen molar-refractivity contribution in [3.05, 3.63) is 63.4 Å². The van der Waals surface area contributed by atoms with E-state index in [4.69, 9.17) is 11.6 Å². The molecule has 2 amide bonds. The van der Waals surface area contributed by atoms with Crippen molar-refractivity contribution in [3.8, 4) is 9.88 Å². The molecular formula is C19H16ClN3O2S3. The van der Waals surface area contributed by atoms with E-state index in [2.05, 4.69) is 10.3 Å². The summed E-state index contributed by atoms with van der Waals surface area (Å²) in [4.78, 5) is 32.8. The average molecular weight is 450 g/mol. The molecule has 0 saturated carbocycles. The van der Waals surface area contributed by atoms with Crippen molar-refractivity contribution in [2.24, 2.45) is 0 Å². The zero-order valence-corrected chi connectivity index (χ0v) is 17.8. The molecule has 3 aromatic rings. The topological polar surface area (TPSA) is 62.3 Å². The van der Waals surface area contributed by atoms with E-state index in [1.54, 1.807) is 63.6 Å². The number of nitrogens with zero attached hydrogens (tertiary/aromatic N) is 2. The van der Waals surface area contributed by atoms with Crippen LogP contribution in [0.1, 0.15) is 16.1 Å². The van der Waals surface area contributed by atoms with Gasteiger partial charge in [0.2, 0.25) is 5.91 Å². The Morgan fingerprint density at radius 2 is 2.07 bits per heavy atom. The molecule has 1 aliphatic rings. The molecule has 0 spiro atoms. The van der Waals surface area contributed by atoms with Crippen molar-refractivity contribution < 1.29 is 9.59 Å². The molecule has 9 heteroatoms. The Morgan fingerprint density at radius 1 is 1.21 bits per heavy atom. The fourth-order valence-electron chi connectivity index (χ4n) is 2.85. The molecule has 0 radical (unpaired) electrons. The summed E-state index contributed by atoms with van der Waals surface area (Å²) in [6.45, 7) is 0.343. The number of rotatable bonds is 5. The van der Waals surface area contributed by atoms with Crippen molar-refractivity contribution in [2.45, 2.75) is 12.6 Å². The minimum absolute atomic E-state index is 0.170. The van der Waals surface area contributed by atoms with E-state index in [9.17, 15) is 9.59 Å². The number of amides is 2. The van der Waals surface area contributed by atoms with Crippen LogP contribution in [-0.4, -0.2) is 39.4 Å². The maximum Gasteiger partial charge on any atom is 0.256 e. The van der Waals surface area contributed by atoms with Gasteiger partial charge in [0.1, 0.15) is 11.0 Å². The number of aromatic nitrogens is 1.